The van der Waals surface area contributed by atoms with Gasteiger partial charge in [-0.15, -0.1) is 21.5 Å². The number of benzene rings is 2. The maximum atomic E-state index is 5.27. The maximum absolute atomic E-state index is 5.27. The van der Waals surface area contributed by atoms with Crippen molar-refractivity contribution in [1.29, 1.82) is 0 Å². The summed E-state index contributed by atoms with van der Waals surface area (Å²) in [6.07, 6.45) is 3.31. The van der Waals surface area contributed by atoms with Crippen molar-refractivity contribution in [2.45, 2.75) is 31.3 Å². The standard InChI is InChI=1S/C28H29N5OS2/c1-19-16-24(31-34-19)22-9-8-20-10-13-33(14-11-21(20)17-22)12-5-15-35-28-30-29-27(32(28)2)26-18-23-6-3-4-7-25(23)36-26/h3-4,6-9,16-18H,5,10-15H2,1-2H3. The average molecular weight is 516 g/mol. The molecule has 0 saturated heterocycles. The Kier molecular flexibility index (Phi) is 6.65. The molecule has 184 valence electrons. The lowest BCUT2D eigenvalue weighted by molar-refractivity contribution is 0.289. The van der Waals surface area contributed by atoms with E-state index in [2.05, 4.69) is 80.4 Å². The van der Waals surface area contributed by atoms with E-state index in [0.29, 0.717) is 0 Å². The molecule has 36 heavy (non-hydrogen) atoms. The molecule has 0 saturated carbocycles. The predicted octanol–water partition coefficient (Wildman–Crippen LogP) is 6.24. The Balaban J connectivity index is 1.02. The second-order valence-electron chi connectivity index (χ2n) is 9.36. The third-order valence-electron chi connectivity index (χ3n) is 6.86. The molecule has 8 heteroatoms. The van der Waals surface area contributed by atoms with Crippen molar-refractivity contribution in [3.63, 3.8) is 0 Å². The molecule has 0 atom stereocenters. The highest BCUT2D eigenvalue weighted by molar-refractivity contribution is 7.99. The zero-order chi connectivity index (χ0) is 24.5. The van der Waals surface area contributed by atoms with Gasteiger partial charge in [0.2, 0.25) is 0 Å². The first-order valence-electron chi connectivity index (χ1n) is 12.4. The first-order valence-corrected chi connectivity index (χ1v) is 14.2. The molecule has 5 aromatic rings. The third-order valence-corrected chi connectivity index (χ3v) is 9.07. The molecule has 0 radical (unpaired) electrons. The Morgan fingerprint density at radius 3 is 2.69 bits per heavy atom. The van der Waals surface area contributed by atoms with Gasteiger partial charge in [0, 0.05) is 42.2 Å². The lowest BCUT2D eigenvalue weighted by Gasteiger charge is -2.19. The molecule has 6 nitrogen and oxygen atoms in total. The monoisotopic (exact) mass is 515 g/mol. The number of hydrogen-bond acceptors (Lipinski definition) is 7. The van der Waals surface area contributed by atoms with Crippen LogP contribution in [0.3, 0.4) is 0 Å². The highest BCUT2D eigenvalue weighted by Gasteiger charge is 2.17. The van der Waals surface area contributed by atoms with Crippen molar-refractivity contribution in [1.82, 2.24) is 24.8 Å². The van der Waals surface area contributed by atoms with Crippen molar-refractivity contribution >= 4 is 33.2 Å². The van der Waals surface area contributed by atoms with E-state index in [1.54, 1.807) is 23.1 Å². The van der Waals surface area contributed by atoms with Crippen LogP contribution in [-0.4, -0.2) is 50.2 Å². The fourth-order valence-corrected chi connectivity index (χ4v) is 6.77. The molecule has 0 spiro atoms. The quantitative estimate of drug-likeness (QED) is 0.189. The maximum Gasteiger partial charge on any atom is 0.191 e. The van der Waals surface area contributed by atoms with Crippen molar-refractivity contribution in [2.75, 3.05) is 25.4 Å². The summed E-state index contributed by atoms with van der Waals surface area (Å²) in [5.41, 5.74) is 4.98. The van der Waals surface area contributed by atoms with Crippen molar-refractivity contribution in [3.05, 3.63) is 71.5 Å². The summed E-state index contributed by atoms with van der Waals surface area (Å²) in [5.74, 6) is 2.84. The molecular weight excluding hydrogens is 486 g/mol. The van der Waals surface area contributed by atoms with E-state index in [1.165, 1.54) is 26.1 Å². The second kappa shape index (κ2) is 10.2. The summed E-state index contributed by atoms with van der Waals surface area (Å²) in [5, 5.41) is 15.4. The molecular formula is C28H29N5OS2. The van der Waals surface area contributed by atoms with Crippen LogP contribution in [-0.2, 0) is 19.9 Å². The van der Waals surface area contributed by atoms with Gasteiger partial charge in [0.15, 0.2) is 11.0 Å². The van der Waals surface area contributed by atoms with Crippen LogP contribution in [0.1, 0.15) is 23.3 Å². The molecule has 1 aliphatic rings. The van der Waals surface area contributed by atoms with E-state index in [0.717, 1.165) is 72.6 Å². The van der Waals surface area contributed by atoms with Crippen LogP contribution in [0.5, 0.6) is 0 Å². The number of aromatic nitrogens is 4. The van der Waals surface area contributed by atoms with Gasteiger partial charge in [-0.2, -0.15) is 0 Å². The van der Waals surface area contributed by atoms with Crippen LogP contribution in [0.15, 0.2) is 64.3 Å². The van der Waals surface area contributed by atoms with Gasteiger partial charge in [-0.3, -0.25) is 0 Å². The Bertz CT molecular complexity index is 1470. The highest BCUT2D eigenvalue weighted by atomic mass is 32.2. The topological polar surface area (TPSA) is 60.0 Å². The van der Waals surface area contributed by atoms with Crippen molar-refractivity contribution < 1.29 is 4.52 Å². The predicted molar refractivity (Wildman–Crippen MR) is 148 cm³/mol. The van der Waals surface area contributed by atoms with Gasteiger partial charge in [0.25, 0.3) is 0 Å². The van der Waals surface area contributed by atoms with Gasteiger partial charge in [0.1, 0.15) is 11.5 Å². The lowest BCUT2D eigenvalue weighted by atomic mass is 9.99. The van der Waals surface area contributed by atoms with Gasteiger partial charge >= 0.3 is 0 Å². The summed E-state index contributed by atoms with van der Waals surface area (Å²) in [6.45, 7) is 5.25. The number of rotatable bonds is 7. The number of thioether (sulfide) groups is 1. The van der Waals surface area contributed by atoms with Gasteiger partial charge in [-0.05, 0) is 67.4 Å². The fraction of sp³-hybridized carbons (Fsp3) is 0.321. The zero-order valence-corrected chi connectivity index (χ0v) is 22.2. The smallest absolute Gasteiger partial charge is 0.191 e. The Hall–Kier alpha value is -2.94. The molecule has 2 aromatic carbocycles. The van der Waals surface area contributed by atoms with E-state index in [9.17, 15) is 0 Å². The van der Waals surface area contributed by atoms with E-state index in [-0.39, 0.29) is 0 Å². The van der Waals surface area contributed by atoms with Crippen LogP contribution >= 0.6 is 23.1 Å². The number of fused-ring (bicyclic) bond motifs is 2. The number of nitrogens with zero attached hydrogens (tertiary/aromatic N) is 5. The molecule has 3 aromatic heterocycles. The second-order valence-corrected chi connectivity index (χ2v) is 11.5. The molecule has 6 rings (SSSR count). The minimum absolute atomic E-state index is 0.849. The van der Waals surface area contributed by atoms with E-state index >= 15 is 0 Å². The lowest BCUT2D eigenvalue weighted by Crippen LogP contribution is -2.27. The van der Waals surface area contributed by atoms with E-state index in [1.807, 2.05) is 13.0 Å². The molecule has 0 fully saturated rings. The fourth-order valence-electron chi connectivity index (χ4n) is 4.86. The van der Waals surface area contributed by atoms with E-state index in [4.69, 9.17) is 4.52 Å². The molecule has 0 bridgehead atoms. The van der Waals surface area contributed by atoms with Gasteiger partial charge in [-0.25, -0.2) is 0 Å². The average Bonchev–Trinajstić information content (AvgIpc) is 3.57. The molecule has 4 heterocycles. The summed E-state index contributed by atoms with van der Waals surface area (Å²) >= 11 is 3.58. The first-order chi connectivity index (χ1) is 17.6. The van der Waals surface area contributed by atoms with Crippen molar-refractivity contribution in [2.24, 2.45) is 7.05 Å². The molecule has 0 amide bonds. The third kappa shape index (κ3) is 4.85. The van der Waals surface area contributed by atoms with Crippen LogP contribution in [0, 0.1) is 6.92 Å². The summed E-state index contributed by atoms with van der Waals surface area (Å²) < 4.78 is 8.68. The van der Waals surface area contributed by atoms with E-state index < -0.39 is 0 Å². The summed E-state index contributed by atoms with van der Waals surface area (Å²) in [7, 11) is 2.07. The molecule has 0 aliphatic carbocycles. The Morgan fingerprint density at radius 2 is 1.86 bits per heavy atom. The largest absolute Gasteiger partial charge is 0.361 e. The summed E-state index contributed by atoms with van der Waals surface area (Å²) in [6, 6.07) is 19.4. The minimum atomic E-state index is 0.849. The van der Waals surface area contributed by atoms with Crippen LogP contribution in [0.25, 0.3) is 32.0 Å². The van der Waals surface area contributed by atoms with Crippen LogP contribution in [0.2, 0.25) is 0 Å². The van der Waals surface area contributed by atoms with Crippen LogP contribution in [0.4, 0.5) is 0 Å². The van der Waals surface area contributed by atoms with Crippen molar-refractivity contribution in [3.8, 4) is 22.0 Å². The molecule has 0 unspecified atom stereocenters. The summed E-state index contributed by atoms with van der Waals surface area (Å²) in [4.78, 5) is 3.77. The highest BCUT2D eigenvalue weighted by Crippen LogP contribution is 2.33. The number of hydrogen-bond donors (Lipinski definition) is 0. The number of thiophene rings is 1. The zero-order valence-electron chi connectivity index (χ0n) is 20.6. The van der Waals surface area contributed by atoms with Gasteiger partial charge in [0.05, 0.1) is 4.88 Å². The van der Waals surface area contributed by atoms with Gasteiger partial charge < -0.3 is 14.0 Å². The van der Waals surface area contributed by atoms with Gasteiger partial charge in [-0.1, -0.05) is 47.3 Å². The van der Waals surface area contributed by atoms with Crippen LogP contribution < -0.4 is 0 Å². The normalized spacial score (nSPS) is 14.3. The molecule has 0 N–H and O–H groups in total. The Labute approximate surface area is 219 Å². The SMILES string of the molecule is Cc1cc(-c2ccc3c(c2)CCN(CCCSc2nnc(-c4cc5ccccc5s4)n2C)CC3)no1. The number of aryl methyl sites for hydroxylation is 1. The minimum Gasteiger partial charge on any atom is -0.361 e. The molecule has 1 aliphatic heterocycles. The first kappa shape index (κ1) is 23.5. The Morgan fingerprint density at radius 1 is 1.00 bits per heavy atom.